The molecular weight excluding hydrogens is 548 g/mol. The van der Waals surface area contributed by atoms with Crippen LogP contribution in [0.15, 0.2) is 60.9 Å². The van der Waals surface area contributed by atoms with Crippen LogP contribution < -0.4 is 38.2 Å². The molecule has 0 fully saturated rings. The number of benzene rings is 2. The van der Waals surface area contributed by atoms with Crippen LogP contribution in [0.1, 0.15) is 6.42 Å². The molecule has 0 spiro atoms. The Balaban J connectivity index is 1.04. The highest BCUT2D eigenvalue weighted by atomic mass is 16.6. The number of rotatable bonds is 10. The standard InChI is InChI=1S/C33H36N4O6/c1-36(24-6-8-26(34-20-24)22-16-28(38-3)32-30(18-22)40-12-14-42-32)10-5-11-37(2)25-7-9-27(35-21-25)23-17-29(39-4)33-31(19-23)41-13-15-43-33/h6-9,16-21H,5,10-15H2,1-4H3. The predicted molar refractivity (Wildman–Crippen MR) is 166 cm³/mol. The fourth-order valence-electron chi connectivity index (χ4n) is 5.21. The molecule has 0 aliphatic carbocycles. The van der Waals surface area contributed by atoms with Gasteiger partial charge in [0.15, 0.2) is 23.0 Å². The van der Waals surface area contributed by atoms with Gasteiger partial charge >= 0.3 is 0 Å². The molecule has 2 aliphatic rings. The first-order chi connectivity index (χ1) is 21.0. The third-order valence-corrected chi connectivity index (χ3v) is 7.61. The Morgan fingerprint density at radius 3 is 1.47 bits per heavy atom. The number of ether oxygens (including phenoxy) is 6. The van der Waals surface area contributed by atoms with Crippen LogP contribution in [0.5, 0.6) is 34.5 Å². The monoisotopic (exact) mass is 584 g/mol. The highest BCUT2D eigenvalue weighted by Gasteiger charge is 2.21. The van der Waals surface area contributed by atoms with E-state index in [2.05, 4.69) is 36.0 Å². The van der Waals surface area contributed by atoms with Gasteiger partial charge in [-0.2, -0.15) is 0 Å². The molecule has 2 aromatic carbocycles. The van der Waals surface area contributed by atoms with Crippen LogP contribution in [0.4, 0.5) is 11.4 Å². The number of anilines is 2. The second kappa shape index (κ2) is 12.6. The Morgan fingerprint density at radius 1 is 0.628 bits per heavy atom. The lowest BCUT2D eigenvalue weighted by atomic mass is 10.1. The van der Waals surface area contributed by atoms with Gasteiger partial charge in [-0.15, -0.1) is 0 Å². The summed E-state index contributed by atoms with van der Waals surface area (Å²) in [7, 11) is 7.43. The third kappa shape index (κ3) is 6.04. The highest BCUT2D eigenvalue weighted by molar-refractivity contribution is 5.71. The zero-order chi connectivity index (χ0) is 29.8. The lowest BCUT2D eigenvalue weighted by Gasteiger charge is -2.23. The summed E-state index contributed by atoms with van der Waals surface area (Å²) in [5.41, 5.74) is 5.64. The second-order valence-corrected chi connectivity index (χ2v) is 10.4. The normalized spacial score (nSPS) is 13.3. The van der Waals surface area contributed by atoms with Crippen molar-refractivity contribution in [3.05, 3.63) is 60.9 Å². The number of hydrogen-bond donors (Lipinski definition) is 0. The summed E-state index contributed by atoms with van der Waals surface area (Å²) >= 11 is 0. The van der Waals surface area contributed by atoms with Crippen molar-refractivity contribution in [2.75, 3.05) is 77.6 Å². The van der Waals surface area contributed by atoms with E-state index in [0.29, 0.717) is 60.9 Å². The summed E-state index contributed by atoms with van der Waals surface area (Å²) < 4.78 is 34.0. The molecule has 0 saturated carbocycles. The van der Waals surface area contributed by atoms with Gasteiger partial charge in [0.25, 0.3) is 0 Å². The molecule has 10 nitrogen and oxygen atoms in total. The van der Waals surface area contributed by atoms with E-state index in [4.69, 9.17) is 38.4 Å². The number of methoxy groups -OCH3 is 2. The molecule has 2 aromatic heterocycles. The highest BCUT2D eigenvalue weighted by Crippen LogP contribution is 2.44. The topological polar surface area (TPSA) is 87.6 Å². The molecule has 2 aliphatic heterocycles. The maximum atomic E-state index is 5.78. The van der Waals surface area contributed by atoms with Gasteiger partial charge in [0.05, 0.1) is 49.4 Å². The number of fused-ring (bicyclic) bond motifs is 2. The lowest BCUT2D eigenvalue weighted by molar-refractivity contribution is 0.165. The van der Waals surface area contributed by atoms with Gasteiger partial charge in [0, 0.05) is 38.3 Å². The van der Waals surface area contributed by atoms with E-state index < -0.39 is 0 Å². The summed E-state index contributed by atoms with van der Waals surface area (Å²) in [5.74, 6) is 3.94. The summed E-state index contributed by atoms with van der Waals surface area (Å²) in [5, 5.41) is 0. The average Bonchev–Trinajstić information content (AvgIpc) is 3.07. The van der Waals surface area contributed by atoms with E-state index in [1.165, 1.54) is 0 Å². The molecule has 0 bridgehead atoms. The number of nitrogens with zero attached hydrogens (tertiary/aromatic N) is 4. The molecule has 10 heteroatoms. The Hall–Kier alpha value is -4.86. The van der Waals surface area contributed by atoms with E-state index in [1.54, 1.807) is 14.2 Å². The van der Waals surface area contributed by atoms with Crippen LogP contribution in [-0.4, -0.2) is 77.8 Å². The van der Waals surface area contributed by atoms with Crippen LogP contribution in [-0.2, 0) is 0 Å². The van der Waals surface area contributed by atoms with Crippen LogP contribution in [0, 0.1) is 0 Å². The van der Waals surface area contributed by atoms with E-state index in [1.807, 2.05) is 48.8 Å². The van der Waals surface area contributed by atoms with Crippen LogP contribution in [0.2, 0.25) is 0 Å². The van der Waals surface area contributed by atoms with Crippen molar-refractivity contribution in [1.29, 1.82) is 0 Å². The lowest BCUT2D eigenvalue weighted by Crippen LogP contribution is -2.25. The number of pyridine rings is 2. The van der Waals surface area contributed by atoms with Crippen molar-refractivity contribution >= 4 is 11.4 Å². The molecule has 0 unspecified atom stereocenters. The molecule has 0 saturated heterocycles. The largest absolute Gasteiger partial charge is 0.493 e. The Morgan fingerprint density at radius 2 is 1.07 bits per heavy atom. The molecule has 0 radical (unpaired) electrons. The fraction of sp³-hybridized carbons (Fsp3) is 0.333. The van der Waals surface area contributed by atoms with Crippen LogP contribution in [0.25, 0.3) is 22.5 Å². The van der Waals surface area contributed by atoms with Gasteiger partial charge in [-0.3, -0.25) is 9.97 Å². The van der Waals surface area contributed by atoms with Crippen LogP contribution >= 0.6 is 0 Å². The smallest absolute Gasteiger partial charge is 0.203 e. The Kier molecular flexibility index (Phi) is 8.26. The SMILES string of the molecule is COc1cc(-c2ccc(N(C)CCCN(C)c3ccc(-c4cc(OC)c5c(c4)OCCO5)nc3)cn2)cc2c1OCCO2. The molecule has 4 aromatic rings. The minimum absolute atomic E-state index is 0.513. The minimum atomic E-state index is 0.513. The van der Waals surface area contributed by atoms with Crippen molar-refractivity contribution in [2.45, 2.75) is 6.42 Å². The minimum Gasteiger partial charge on any atom is -0.493 e. The average molecular weight is 585 g/mol. The van der Waals surface area contributed by atoms with Gasteiger partial charge in [-0.1, -0.05) is 0 Å². The van der Waals surface area contributed by atoms with Crippen molar-refractivity contribution in [3.63, 3.8) is 0 Å². The second-order valence-electron chi connectivity index (χ2n) is 10.4. The zero-order valence-corrected chi connectivity index (χ0v) is 25.0. The summed E-state index contributed by atoms with van der Waals surface area (Å²) in [6.07, 6.45) is 4.77. The first kappa shape index (κ1) is 28.3. The first-order valence-corrected chi connectivity index (χ1v) is 14.3. The molecular formula is C33H36N4O6. The van der Waals surface area contributed by atoms with Gasteiger partial charge < -0.3 is 38.2 Å². The van der Waals surface area contributed by atoms with E-state index in [0.717, 1.165) is 53.4 Å². The van der Waals surface area contributed by atoms with Crippen LogP contribution in [0.3, 0.4) is 0 Å². The van der Waals surface area contributed by atoms with E-state index >= 15 is 0 Å². The summed E-state index contributed by atoms with van der Waals surface area (Å²) in [6, 6.07) is 16.0. The van der Waals surface area contributed by atoms with Gasteiger partial charge in [-0.05, 0) is 55.0 Å². The van der Waals surface area contributed by atoms with Crippen molar-refractivity contribution < 1.29 is 28.4 Å². The fourth-order valence-corrected chi connectivity index (χ4v) is 5.21. The van der Waals surface area contributed by atoms with Crippen molar-refractivity contribution in [3.8, 4) is 57.0 Å². The van der Waals surface area contributed by atoms with Gasteiger partial charge in [0.1, 0.15) is 26.4 Å². The molecule has 6 rings (SSSR count). The molecule has 0 N–H and O–H groups in total. The zero-order valence-electron chi connectivity index (χ0n) is 25.0. The van der Waals surface area contributed by atoms with E-state index in [-0.39, 0.29) is 0 Å². The van der Waals surface area contributed by atoms with Gasteiger partial charge in [-0.25, -0.2) is 0 Å². The quantitative estimate of drug-likeness (QED) is 0.244. The molecule has 4 heterocycles. The summed E-state index contributed by atoms with van der Waals surface area (Å²) in [4.78, 5) is 13.9. The Bertz CT molecular complexity index is 1410. The van der Waals surface area contributed by atoms with Crippen molar-refractivity contribution in [2.24, 2.45) is 0 Å². The summed E-state index contributed by atoms with van der Waals surface area (Å²) in [6.45, 7) is 3.82. The predicted octanol–water partition coefficient (Wildman–Crippen LogP) is 5.33. The molecule has 0 amide bonds. The number of aromatic nitrogens is 2. The molecule has 0 atom stereocenters. The number of hydrogen-bond acceptors (Lipinski definition) is 10. The van der Waals surface area contributed by atoms with E-state index in [9.17, 15) is 0 Å². The first-order valence-electron chi connectivity index (χ1n) is 14.3. The maximum absolute atomic E-state index is 5.78. The van der Waals surface area contributed by atoms with Gasteiger partial charge in [0.2, 0.25) is 11.5 Å². The van der Waals surface area contributed by atoms with Crippen molar-refractivity contribution in [1.82, 2.24) is 9.97 Å². The third-order valence-electron chi connectivity index (χ3n) is 7.61. The molecule has 224 valence electrons. The Labute approximate surface area is 251 Å². The maximum Gasteiger partial charge on any atom is 0.203 e. The molecule has 43 heavy (non-hydrogen) atoms.